The Morgan fingerprint density at radius 1 is 0.723 bits per heavy atom. The molecule has 0 saturated carbocycles. The Balaban J connectivity index is 2.48. The van der Waals surface area contributed by atoms with E-state index < -0.39 is 17.7 Å². The number of ether oxygens (including phenoxy) is 2. The van der Waals surface area contributed by atoms with Crippen LogP contribution in [0.2, 0.25) is 0 Å². The quantitative estimate of drug-likeness (QED) is 0.101. The average Bonchev–Trinajstić information content (AvgIpc) is 3.48. The molecule has 0 spiro atoms. The molecule has 1 heterocycles. The molecule has 5 heteroatoms. The fourth-order valence-corrected chi connectivity index (χ4v) is 4.49. The van der Waals surface area contributed by atoms with Gasteiger partial charge in [-0.25, -0.2) is 9.59 Å². The van der Waals surface area contributed by atoms with Crippen LogP contribution in [0.3, 0.4) is 0 Å². The van der Waals surface area contributed by atoms with Crippen LogP contribution in [0.5, 0.6) is 0 Å². The number of carbonyl (C=O) groups is 2. The van der Waals surface area contributed by atoms with Crippen molar-refractivity contribution < 1.29 is 19.1 Å². The van der Waals surface area contributed by atoms with E-state index in [2.05, 4.69) is 126 Å². The van der Waals surface area contributed by atoms with Crippen molar-refractivity contribution >= 4 is 12.1 Å². The highest BCUT2D eigenvalue weighted by molar-refractivity contribution is 5.82. The van der Waals surface area contributed by atoms with Crippen LogP contribution in [0.25, 0.3) is 0 Å². The Bertz CT molecular complexity index is 1360. The lowest BCUT2D eigenvalue weighted by Crippen LogP contribution is -2.44. The van der Waals surface area contributed by atoms with Crippen molar-refractivity contribution in [2.45, 2.75) is 107 Å². The lowest BCUT2D eigenvalue weighted by molar-refractivity contribution is -0.147. The molecule has 1 amide bonds. The molecule has 0 aromatic heterocycles. The van der Waals surface area contributed by atoms with Gasteiger partial charge in [0.1, 0.15) is 18.2 Å². The van der Waals surface area contributed by atoms with Gasteiger partial charge < -0.3 is 9.47 Å². The smallest absolute Gasteiger partial charge is 0.411 e. The lowest BCUT2D eigenvalue weighted by Gasteiger charge is -2.27. The van der Waals surface area contributed by atoms with Crippen molar-refractivity contribution in [2.75, 3.05) is 13.2 Å². The van der Waals surface area contributed by atoms with Crippen LogP contribution in [0.1, 0.15) is 94.9 Å². The summed E-state index contributed by atoms with van der Waals surface area (Å²) in [5, 5.41) is 0. The zero-order chi connectivity index (χ0) is 35.2. The molecule has 1 rings (SSSR count). The van der Waals surface area contributed by atoms with Gasteiger partial charge in [-0.2, -0.15) is 0 Å². The molecular formula is C42H59NO4. The average molecular weight is 642 g/mol. The summed E-state index contributed by atoms with van der Waals surface area (Å²) in [6.45, 7) is 20.7. The fourth-order valence-electron chi connectivity index (χ4n) is 4.49. The number of hydrogen-bond acceptors (Lipinski definition) is 4. The van der Waals surface area contributed by atoms with Gasteiger partial charge in [0.2, 0.25) is 0 Å². The van der Waals surface area contributed by atoms with Crippen LogP contribution in [-0.4, -0.2) is 41.8 Å². The first-order valence-corrected chi connectivity index (χ1v) is 16.7. The highest BCUT2D eigenvalue weighted by atomic mass is 16.6. The third-order valence-electron chi connectivity index (χ3n) is 7.06. The highest BCUT2D eigenvalue weighted by Crippen LogP contribution is 2.22. The Morgan fingerprint density at radius 2 is 1.23 bits per heavy atom. The molecule has 5 nitrogen and oxygen atoms in total. The van der Waals surface area contributed by atoms with Gasteiger partial charge in [-0.05, 0) is 100 Å². The number of hydrogen-bond donors (Lipinski definition) is 0. The van der Waals surface area contributed by atoms with E-state index in [1.165, 1.54) is 32.8 Å². The summed E-state index contributed by atoms with van der Waals surface area (Å²) in [7, 11) is 0. The van der Waals surface area contributed by atoms with E-state index in [1.54, 1.807) is 0 Å². The Kier molecular flexibility index (Phi) is 19.5. The van der Waals surface area contributed by atoms with E-state index in [1.807, 2.05) is 40.7 Å². The monoisotopic (exact) mass is 641 g/mol. The fraction of sp³-hybridized carbons (Fsp3) is 0.429. The topological polar surface area (TPSA) is 55.8 Å². The van der Waals surface area contributed by atoms with E-state index >= 15 is 0 Å². The van der Waals surface area contributed by atoms with E-state index in [0.717, 1.165) is 24.8 Å². The van der Waals surface area contributed by atoms with Crippen molar-refractivity contribution in [3.8, 4) is 0 Å². The van der Waals surface area contributed by atoms with E-state index in [9.17, 15) is 9.59 Å². The van der Waals surface area contributed by atoms with Crippen molar-refractivity contribution in [2.24, 2.45) is 0 Å². The second-order valence-corrected chi connectivity index (χ2v) is 13.1. The standard InChI is InChI=1S/C42H59NO4/c1-11-19-33(2)22-14-23-34(3)20-12-13-21-35(4)24-15-25-36(5)26-16-27-37(6)28-17-29-38(7)32-46-40(44)39-30-18-31-43(39)41(45)47-42(8,9)10/h11-16,19-27,29,39H,17-18,28,30-32H2,1-10H3. The van der Waals surface area contributed by atoms with Crippen LogP contribution in [0, 0.1) is 0 Å². The zero-order valence-corrected chi connectivity index (χ0v) is 30.6. The van der Waals surface area contributed by atoms with Gasteiger partial charge in [0, 0.05) is 6.54 Å². The predicted octanol–water partition coefficient (Wildman–Crippen LogP) is 11.2. The number of nitrogens with zero attached hydrogens (tertiary/aromatic N) is 1. The molecular weight excluding hydrogens is 582 g/mol. The molecule has 1 aliphatic rings. The minimum absolute atomic E-state index is 0.228. The Labute approximate surface area is 285 Å². The lowest BCUT2D eigenvalue weighted by atomic mass is 10.1. The largest absolute Gasteiger partial charge is 0.460 e. The molecule has 0 N–H and O–H groups in total. The van der Waals surface area contributed by atoms with E-state index in [4.69, 9.17) is 9.47 Å². The number of esters is 1. The first kappa shape index (κ1) is 40.9. The van der Waals surface area contributed by atoms with Gasteiger partial charge >= 0.3 is 12.1 Å². The van der Waals surface area contributed by atoms with Gasteiger partial charge in [0.25, 0.3) is 0 Å². The normalized spacial score (nSPS) is 18.3. The van der Waals surface area contributed by atoms with Crippen LogP contribution in [-0.2, 0) is 14.3 Å². The molecule has 0 aromatic rings. The number of carbonyl (C=O) groups excluding carboxylic acids is 2. The molecule has 1 saturated heterocycles. The summed E-state index contributed by atoms with van der Waals surface area (Å²) in [5.41, 5.74) is 6.44. The number of likely N-dealkylation sites (tertiary alicyclic amines) is 1. The molecule has 0 aromatic carbocycles. The van der Waals surface area contributed by atoms with Gasteiger partial charge in [0.05, 0.1) is 0 Å². The first-order chi connectivity index (χ1) is 22.2. The maximum atomic E-state index is 12.7. The van der Waals surface area contributed by atoms with Crippen molar-refractivity contribution in [3.63, 3.8) is 0 Å². The second-order valence-electron chi connectivity index (χ2n) is 13.1. The molecule has 1 aliphatic heterocycles. The van der Waals surface area contributed by atoms with Gasteiger partial charge in [-0.15, -0.1) is 0 Å². The SMILES string of the molecule is CC=CC(C)=CC=CC(C)=CC=CC=C(C)C=CC=C(C)C=CC=C(C)CCC=C(C)COC(=O)C1CCCN1C(=O)OC(C)(C)C. The third-order valence-corrected chi connectivity index (χ3v) is 7.06. The van der Waals surface area contributed by atoms with Gasteiger partial charge in [-0.3, -0.25) is 4.90 Å². The van der Waals surface area contributed by atoms with Crippen LogP contribution in [0.15, 0.2) is 131 Å². The summed E-state index contributed by atoms with van der Waals surface area (Å²) < 4.78 is 11.0. The molecule has 1 fully saturated rings. The number of allylic oxidation sites excluding steroid dienone is 21. The summed E-state index contributed by atoms with van der Waals surface area (Å²) in [6, 6.07) is -0.573. The molecule has 256 valence electrons. The maximum Gasteiger partial charge on any atom is 0.411 e. The molecule has 0 aliphatic carbocycles. The Morgan fingerprint density at radius 3 is 1.77 bits per heavy atom. The minimum Gasteiger partial charge on any atom is -0.460 e. The van der Waals surface area contributed by atoms with Crippen LogP contribution < -0.4 is 0 Å². The molecule has 47 heavy (non-hydrogen) atoms. The number of rotatable bonds is 15. The molecule has 1 unspecified atom stereocenters. The van der Waals surface area contributed by atoms with Crippen molar-refractivity contribution in [1.29, 1.82) is 0 Å². The van der Waals surface area contributed by atoms with E-state index in [-0.39, 0.29) is 12.6 Å². The molecule has 0 bridgehead atoms. The summed E-state index contributed by atoms with van der Waals surface area (Å²) >= 11 is 0. The van der Waals surface area contributed by atoms with E-state index in [0.29, 0.717) is 13.0 Å². The maximum absolute atomic E-state index is 12.7. The second kappa shape index (κ2) is 22.4. The van der Waals surface area contributed by atoms with Crippen molar-refractivity contribution in [1.82, 2.24) is 4.90 Å². The zero-order valence-electron chi connectivity index (χ0n) is 30.6. The Hall–Kier alpha value is -4.12. The summed E-state index contributed by atoms with van der Waals surface area (Å²) in [6.07, 6.45) is 36.1. The van der Waals surface area contributed by atoms with Crippen molar-refractivity contribution in [3.05, 3.63) is 131 Å². The first-order valence-electron chi connectivity index (χ1n) is 16.7. The summed E-state index contributed by atoms with van der Waals surface area (Å²) in [5.74, 6) is -0.366. The third kappa shape index (κ3) is 19.9. The summed E-state index contributed by atoms with van der Waals surface area (Å²) in [4.78, 5) is 26.6. The predicted molar refractivity (Wildman–Crippen MR) is 200 cm³/mol. The molecule has 0 radical (unpaired) electrons. The highest BCUT2D eigenvalue weighted by Gasteiger charge is 2.37. The van der Waals surface area contributed by atoms with Crippen LogP contribution in [0.4, 0.5) is 4.79 Å². The minimum atomic E-state index is -0.600. The van der Waals surface area contributed by atoms with Gasteiger partial charge in [-0.1, -0.05) is 125 Å². The molecule has 1 atom stereocenters. The number of amides is 1. The van der Waals surface area contributed by atoms with Gasteiger partial charge in [0.15, 0.2) is 0 Å². The van der Waals surface area contributed by atoms with Crippen LogP contribution >= 0.6 is 0 Å².